The molecule has 1 unspecified atom stereocenters. The highest BCUT2D eigenvalue weighted by molar-refractivity contribution is 5.31. The average Bonchev–Trinajstić information content (AvgIpc) is 2.56. The molecule has 2 N–H and O–H groups in total. The highest BCUT2D eigenvalue weighted by Gasteiger charge is 2.13. The Labute approximate surface area is 136 Å². The molecule has 0 heterocycles. The molecule has 0 bridgehead atoms. The average molecular weight is 319 g/mol. The van der Waals surface area contributed by atoms with Gasteiger partial charge >= 0.3 is 0 Å². The van der Waals surface area contributed by atoms with Gasteiger partial charge in [0.25, 0.3) is 0 Å². The van der Waals surface area contributed by atoms with Gasteiger partial charge in [-0.3, -0.25) is 0 Å². The van der Waals surface area contributed by atoms with E-state index in [0.29, 0.717) is 25.1 Å². The number of ether oxygens (including phenoxy) is 1. The highest BCUT2D eigenvalue weighted by atomic mass is 19.2. The Bertz CT molecular complexity index is 631. The van der Waals surface area contributed by atoms with Crippen LogP contribution in [0.5, 0.6) is 5.75 Å². The first kappa shape index (κ1) is 17.4. The van der Waals surface area contributed by atoms with Gasteiger partial charge in [-0.25, -0.2) is 8.78 Å². The van der Waals surface area contributed by atoms with Crippen molar-refractivity contribution >= 4 is 0 Å². The maximum atomic E-state index is 13.4. The molecular weight excluding hydrogens is 296 g/mol. The van der Waals surface area contributed by atoms with Crippen molar-refractivity contribution < 1.29 is 13.5 Å². The SMILES string of the molecule is CCCCOc1cccc(CC(CN)c2ccc(F)c(F)c2)c1. The van der Waals surface area contributed by atoms with Crippen LogP contribution in [0.1, 0.15) is 36.8 Å². The summed E-state index contributed by atoms with van der Waals surface area (Å²) in [5, 5.41) is 0. The summed E-state index contributed by atoms with van der Waals surface area (Å²) >= 11 is 0. The molecule has 2 aromatic rings. The van der Waals surface area contributed by atoms with Crippen molar-refractivity contribution in [3.05, 3.63) is 65.2 Å². The van der Waals surface area contributed by atoms with Gasteiger partial charge in [-0.05, 0) is 54.8 Å². The van der Waals surface area contributed by atoms with E-state index in [0.717, 1.165) is 30.2 Å². The lowest BCUT2D eigenvalue weighted by atomic mass is 9.92. The van der Waals surface area contributed by atoms with Crippen LogP contribution in [0.25, 0.3) is 0 Å². The van der Waals surface area contributed by atoms with E-state index < -0.39 is 11.6 Å². The van der Waals surface area contributed by atoms with Gasteiger partial charge in [-0.1, -0.05) is 31.5 Å². The molecule has 0 saturated carbocycles. The van der Waals surface area contributed by atoms with Crippen LogP contribution in [0.15, 0.2) is 42.5 Å². The van der Waals surface area contributed by atoms with Crippen LogP contribution in [0.4, 0.5) is 8.78 Å². The second-order valence-corrected chi connectivity index (χ2v) is 5.66. The molecule has 124 valence electrons. The summed E-state index contributed by atoms with van der Waals surface area (Å²) in [6, 6.07) is 11.8. The number of unbranched alkanes of at least 4 members (excludes halogenated alkanes) is 1. The summed E-state index contributed by atoms with van der Waals surface area (Å²) in [5.74, 6) is -0.901. The molecule has 4 heteroatoms. The number of halogens is 2. The van der Waals surface area contributed by atoms with Gasteiger partial charge < -0.3 is 10.5 Å². The molecule has 0 aliphatic carbocycles. The van der Waals surface area contributed by atoms with Gasteiger partial charge in [0.2, 0.25) is 0 Å². The summed E-state index contributed by atoms with van der Waals surface area (Å²) in [6.07, 6.45) is 2.77. The van der Waals surface area contributed by atoms with Crippen LogP contribution >= 0.6 is 0 Å². The molecule has 0 saturated heterocycles. The van der Waals surface area contributed by atoms with Crippen molar-refractivity contribution in [2.75, 3.05) is 13.2 Å². The van der Waals surface area contributed by atoms with E-state index in [1.54, 1.807) is 6.07 Å². The van der Waals surface area contributed by atoms with Crippen LogP contribution in [0, 0.1) is 11.6 Å². The Hall–Kier alpha value is -1.94. The largest absolute Gasteiger partial charge is 0.494 e. The fourth-order valence-corrected chi connectivity index (χ4v) is 2.48. The first-order valence-corrected chi connectivity index (χ1v) is 8.00. The highest BCUT2D eigenvalue weighted by Crippen LogP contribution is 2.24. The topological polar surface area (TPSA) is 35.2 Å². The minimum absolute atomic E-state index is 0.0593. The molecule has 1 atom stereocenters. The predicted molar refractivity (Wildman–Crippen MR) is 88.7 cm³/mol. The molecule has 0 aliphatic heterocycles. The minimum Gasteiger partial charge on any atom is -0.494 e. The zero-order valence-corrected chi connectivity index (χ0v) is 13.4. The maximum Gasteiger partial charge on any atom is 0.159 e. The Morgan fingerprint density at radius 2 is 1.91 bits per heavy atom. The van der Waals surface area contributed by atoms with Gasteiger partial charge in [0.1, 0.15) is 5.75 Å². The molecule has 2 rings (SSSR count). The number of benzene rings is 2. The molecule has 0 aliphatic rings. The van der Waals surface area contributed by atoms with Crippen molar-refractivity contribution in [1.29, 1.82) is 0 Å². The summed E-state index contributed by atoms with van der Waals surface area (Å²) < 4.78 is 32.2. The van der Waals surface area contributed by atoms with Crippen LogP contribution in [0.2, 0.25) is 0 Å². The van der Waals surface area contributed by atoms with E-state index in [1.165, 1.54) is 6.07 Å². The molecule has 2 aromatic carbocycles. The van der Waals surface area contributed by atoms with Crippen molar-refractivity contribution in [3.8, 4) is 5.75 Å². The maximum absolute atomic E-state index is 13.4. The lowest BCUT2D eigenvalue weighted by Crippen LogP contribution is -2.15. The molecule has 0 fully saturated rings. The Morgan fingerprint density at radius 3 is 2.61 bits per heavy atom. The third kappa shape index (κ3) is 5.03. The first-order chi connectivity index (χ1) is 11.1. The van der Waals surface area contributed by atoms with Crippen molar-refractivity contribution in [1.82, 2.24) is 0 Å². The molecule has 2 nitrogen and oxygen atoms in total. The second-order valence-electron chi connectivity index (χ2n) is 5.66. The third-order valence-electron chi connectivity index (χ3n) is 3.85. The molecule has 0 aromatic heterocycles. The number of hydrogen-bond donors (Lipinski definition) is 1. The number of nitrogens with two attached hydrogens (primary N) is 1. The molecule has 0 amide bonds. The van der Waals surface area contributed by atoms with Gasteiger partial charge in [-0.2, -0.15) is 0 Å². The zero-order valence-electron chi connectivity index (χ0n) is 13.4. The van der Waals surface area contributed by atoms with Crippen LogP contribution < -0.4 is 10.5 Å². The van der Waals surface area contributed by atoms with Crippen molar-refractivity contribution in [3.63, 3.8) is 0 Å². The van der Waals surface area contributed by atoms with Crippen LogP contribution in [0.3, 0.4) is 0 Å². The summed E-state index contributed by atoms with van der Waals surface area (Å²) in [5.41, 5.74) is 7.61. The molecule has 23 heavy (non-hydrogen) atoms. The predicted octanol–water partition coefficient (Wildman–Crippen LogP) is 4.43. The van der Waals surface area contributed by atoms with E-state index in [9.17, 15) is 8.78 Å². The molecular formula is C19H23F2NO. The monoisotopic (exact) mass is 319 g/mol. The third-order valence-corrected chi connectivity index (χ3v) is 3.85. The molecule has 0 radical (unpaired) electrons. The van der Waals surface area contributed by atoms with E-state index in [-0.39, 0.29) is 5.92 Å². The fourth-order valence-electron chi connectivity index (χ4n) is 2.48. The quantitative estimate of drug-likeness (QED) is 0.731. The molecule has 0 spiro atoms. The zero-order chi connectivity index (χ0) is 16.7. The Kier molecular flexibility index (Phi) is 6.53. The second kappa shape index (κ2) is 8.63. The van der Waals surface area contributed by atoms with Gasteiger partial charge in [0.15, 0.2) is 11.6 Å². The minimum atomic E-state index is -0.837. The van der Waals surface area contributed by atoms with Crippen molar-refractivity contribution in [2.24, 2.45) is 5.73 Å². The first-order valence-electron chi connectivity index (χ1n) is 8.00. The van der Waals surface area contributed by atoms with E-state index in [1.807, 2.05) is 24.3 Å². The van der Waals surface area contributed by atoms with Crippen molar-refractivity contribution in [2.45, 2.75) is 32.1 Å². The van der Waals surface area contributed by atoms with Gasteiger partial charge in [-0.15, -0.1) is 0 Å². The standard InChI is InChI=1S/C19H23F2NO/c1-2-3-9-23-17-6-4-5-14(11-17)10-16(13-22)15-7-8-18(20)19(21)12-15/h4-8,11-12,16H,2-3,9-10,13,22H2,1H3. The van der Waals surface area contributed by atoms with Gasteiger partial charge in [0, 0.05) is 5.92 Å². The smallest absolute Gasteiger partial charge is 0.159 e. The van der Waals surface area contributed by atoms with Crippen LogP contribution in [-0.2, 0) is 6.42 Å². The fraction of sp³-hybridized carbons (Fsp3) is 0.368. The van der Waals surface area contributed by atoms with Gasteiger partial charge in [0.05, 0.1) is 6.61 Å². The summed E-state index contributed by atoms with van der Waals surface area (Å²) in [7, 11) is 0. The number of rotatable bonds is 8. The lowest BCUT2D eigenvalue weighted by molar-refractivity contribution is 0.309. The lowest BCUT2D eigenvalue weighted by Gasteiger charge is -2.16. The Balaban J connectivity index is 2.09. The normalized spacial score (nSPS) is 12.2. The van der Waals surface area contributed by atoms with E-state index in [2.05, 4.69) is 6.92 Å². The summed E-state index contributed by atoms with van der Waals surface area (Å²) in [4.78, 5) is 0. The number of hydrogen-bond acceptors (Lipinski definition) is 2. The van der Waals surface area contributed by atoms with E-state index >= 15 is 0 Å². The Morgan fingerprint density at radius 1 is 1.09 bits per heavy atom. The van der Waals surface area contributed by atoms with E-state index in [4.69, 9.17) is 10.5 Å². The van der Waals surface area contributed by atoms with Crippen LogP contribution in [-0.4, -0.2) is 13.2 Å². The summed E-state index contributed by atoms with van der Waals surface area (Å²) in [6.45, 7) is 3.18.